The SMILES string of the molecule is O=S(=O)(c1ccccc1)N1CCCC(c2nnc(C3CCCC3)s2)C1. The van der Waals surface area contributed by atoms with Crippen molar-refractivity contribution in [1.29, 1.82) is 0 Å². The molecule has 7 heteroatoms. The molecule has 134 valence electrons. The molecule has 0 radical (unpaired) electrons. The maximum absolute atomic E-state index is 12.9. The average Bonchev–Trinajstić information content (AvgIpc) is 3.34. The van der Waals surface area contributed by atoms with Gasteiger partial charge in [-0.15, -0.1) is 21.5 Å². The summed E-state index contributed by atoms with van der Waals surface area (Å²) in [6.45, 7) is 1.10. The van der Waals surface area contributed by atoms with Crippen LogP contribution in [0.2, 0.25) is 0 Å². The van der Waals surface area contributed by atoms with E-state index in [1.165, 1.54) is 25.7 Å². The molecule has 0 N–H and O–H groups in total. The van der Waals surface area contributed by atoms with Gasteiger partial charge >= 0.3 is 0 Å². The van der Waals surface area contributed by atoms with Gasteiger partial charge in [-0.1, -0.05) is 31.0 Å². The van der Waals surface area contributed by atoms with Crippen molar-refractivity contribution in [2.24, 2.45) is 0 Å². The highest BCUT2D eigenvalue weighted by molar-refractivity contribution is 7.89. The predicted molar refractivity (Wildman–Crippen MR) is 98.3 cm³/mol. The third kappa shape index (κ3) is 3.50. The van der Waals surface area contributed by atoms with E-state index < -0.39 is 10.0 Å². The molecule has 1 unspecified atom stereocenters. The van der Waals surface area contributed by atoms with E-state index in [-0.39, 0.29) is 5.92 Å². The number of hydrogen-bond donors (Lipinski definition) is 0. The van der Waals surface area contributed by atoms with E-state index in [0.29, 0.717) is 23.9 Å². The van der Waals surface area contributed by atoms with Crippen LogP contribution in [0, 0.1) is 0 Å². The molecule has 1 saturated carbocycles. The Balaban J connectivity index is 1.51. The molecule has 1 aliphatic heterocycles. The van der Waals surface area contributed by atoms with Crippen molar-refractivity contribution >= 4 is 21.4 Å². The van der Waals surface area contributed by atoms with Gasteiger partial charge in [0.1, 0.15) is 10.0 Å². The van der Waals surface area contributed by atoms with E-state index in [4.69, 9.17) is 0 Å². The third-order valence-corrected chi connectivity index (χ3v) is 8.40. The molecule has 2 aliphatic rings. The van der Waals surface area contributed by atoms with Crippen molar-refractivity contribution in [3.05, 3.63) is 40.3 Å². The molecule has 2 fully saturated rings. The molecule has 1 aliphatic carbocycles. The van der Waals surface area contributed by atoms with E-state index in [1.807, 2.05) is 6.07 Å². The number of nitrogens with zero attached hydrogens (tertiary/aromatic N) is 3. The fourth-order valence-corrected chi connectivity index (χ4v) is 6.54. The van der Waals surface area contributed by atoms with Crippen molar-refractivity contribution in [2.75, 3.05) is 13.1 Å². The largest absolute Gasteiger partial charge is 0.243 e. The van der Waals surface area contributed by atoms with Gasteiger partial charge in [-0.05, 0) is 37.8 Å². The lowest BCUT2D eigenvalue weighted by Crippen LogP contribution is -2.39. The minimum Gasteiger partial charge on any atom is -0.207 e. The van der Waals surface area contributed by atoms with Gasteiger partial charge in [0.05, 0.1) is 4.90 Å². The molecule has 2 aromatic rings. The molecule has 1 aromatic carbocycles. The second kappa shape index (κ2) is 7.13. The monoisotopic (exact) mass is 377 g/mol. The number of benzene rings is 1. The van der Waals surface area contributed by atoms with Crippen LogP contribution in [0.15, 0.2) is 35.2 Å². The third-order valence-electron chi connectivity index (χ3n) is 5.28. The summed E-state index contributed by atoms with van der Waals surface area (Å²) >= 11 is 1.70. The first kappa shape index (κ1) is 17.1. The molecule has 25 heavy (non-hydrogen) atoms. The number of rotatable bonds is 4. The highest BCUT2D eigenvalue weighted by Gasteiger charge is 2.33. The minimum absolute atomic E-state index is 0.167. The Hall–Kier alpha value is -1.31. The zero-order chi connectivity index (χ0) is 17.3. The van der Waals surface area contributed by atoms with Gasteiger partial charge in [0.2, 0.25) is 10.0 Å². The van der Waals surface area contributed by atoms with Gasteiger partial charge in [-0.25, -0.2) is 8.42 Å². The second-order valence-electron chi connectivity index (χ2n) is 6.98. The van der Waals surface area contributed by atoms with Crippen molar-refractivity contribution in [1.82, 2.24) is 14.5 Å². The summed E-state index contributed by atoms with van der Waals surface area (Å²) in [4.78, 5) is 0.375. The lowest BCUT2D eigenvalue weighted by molar-refractivity contribution is 0.314. The lowest BCUT2D eigenvalue weighted by Gasteiger charge is -2.30. The van der Waals surface area contributed by atoms with E-state index >= 15 is 0 Å². The summed E-state index contributed by atoms with van der Waals surface area (Å²) < 4.78 is 27.4. The molecule has 5 nitrogen and oxygen atoms in total. The van der Waals surface area contributed by atoms with E-state index in [2.05, 4.69) is 10.2 Å². The molecule has 1 aromatic heterocycles. The van der Waals surface area contributed by atoms with E-state index in [1.54, 1.807) is 39.9 Å². The van der Waals surface area contributed by atoms with E-state index in [9.17, 15) is 8.42 Å². The molecule has 1 atom stereocenters. The van der Waals surface area contributed by atoms with Crippen molar-refractivity contribution in [2.45, 2.75) is 55.3 Å². The Morgan fingerprint density at radius 3 is 2.28 bits per heavy atom. The number of hydrogen-bond acceptors (Lipinski definition) is 5. The Labute approximate surface area is 153 Å². The summed E-state index contributed by atoms with van der Waals surface area (Å²) in [5, 5.41) is 11.0. The van der Waals surface area contributed by atoms with Crippen molar-refractivity contribution in [3.8, 4) is 0 Å². The molecular formula is C18H23N3O2S2. The zero-order valence-electron chi connectivity index (χ0n) is 14.2. The van der Waals surface area contributed by atoms with Crippen LogP contribution in [0.5, 0.6) is 0 Å². The summed E-state index contributed by atoms with van der Waals surface area (Å²) in [6, 6.07) is 8.72. The van der Waals surface area contributed by atoms with Gasteiger partial charge in [-0.3, -0.25) is 0 Å². The molecule has 1 saturated heterocycles. The molecule has 0 spiro atoms. The van der Waals surface area contributed by atoms with Crippen LogP contribution in [0.4, 0.5) is 0 Å². The van der Waals surface area contributed by atoms with E-state index in [0.717, 1.165) is 22.9 Å². The smallest absolute Gasteiger partial charge is 0.207 e. The normalized spacial score (nSPS) is 23.1. The fraction of sp³-hybridized carbons (Fsp3) is 0.556. The Bertz CT molecular complexity index is 814. The Morgan fingerprint density at radius 2 is 1.56 bits per heavy atom. The predicted octanol–water partition coefficient (Wildman–Crippen LogP) is 3.76. The van der Waals surface area contributed by atoms with Gasteiger partial charge in [-0.2, -0.15) is 4.31 Å². The van der Waals surface area contributed by atoms with Crippen LogP contribution < -0.4 is 0 Å². The van der Waals surface area contributed by atoms with Crippen LogP contribution in [0.1, 0.15) is 60.4 Å². The molecular weight excluding hydrogens is 354 g/mol. The van der Waals surface area contributed by atoms with Gasteiger partial charge < -0.3 is 0 Å². The molecule has 0 bridgehead atoms. The Morgan fingerprint density at radius 1 is 0.920 bits per heavy atom. The number of aromatic nitrogens is 2. The molecule has 4 rings (SSSR count). The number of piperidine rings is 1. The van der Waals surface area contributed by atoms with Gasteiger partial charge in [0.25, 0.3) is 0 Å². The van der Waals surface area contributed by atoms with Crippen LogP contribution in [0.3, 0.4) is 0 Å². The lowest BCUT2D eigenvalue weighted by atomic mass is 10.0. The molecule has 2 heterocycles. The van der Waals surface area contributed by atoms with Crippen LogP contribution in [-0.4, -0.2) is 36.0 Å². The number of sulfonamides is 1. The van der Waals surface area contributed by atoms with Gasteiger partial charge in [0.15, 0.2) is 0 Å². The summed E-state index contributed by atoms with van der Waals surface area (Å²) in [7, 11) is -3.42. The fourth-order valence-electron chi connectivity index (χ4n) is 3.85. The summed E-state index contributed by atoms with van der Waals surface area (Å²) in [6.07, 6.45) is 6.86. The molecule has 0 amide bonds. The Kier molecular flexibility index (Phi) is 4.88. The maximum atomic E-state index is 12.9. The zero-order valence-corrected chi connectivity index (χ0v) is 15.8. The standard InChI is InChI=1S/C18H23N3O2S2/c22-25(23,16-10-2-1-3-11-16)21-12-6-9-15(13-21)18-20-19-17(24-18)14-7-4-5-8-14/h1-3,10-11,14-15H,4-9,12-13H2. The van der Waals surface area contributed by atoms with Crippen molar-refractivity contribution < 1.29 is 8.42 Å². The minimum atomic E-state index is -3.42. The van der Waals surface area contributed by atoms with Crippen molar-refractivity contribution in [3.63, 3.8) is 0 Å². The van der Waals surface area contributed by atoms with Gasteiger partial charge in [0, 0.05) is 24.9 Å². The van der Waals surface area contributed by atoms with Crippen LogP contribution >= 0.6 is 11.3 Å². The van der Waals surface area contributed by atoms with Crippen LogP contribution in [-0.2, 0) is 10.0 Å². The highest BCUT2D eigenvalue weighted by Crippen LogP contribution is 2.38. The first-order valence-electron chi connectivity index (χ1n) is 9.03. The summed E-state index contributed by atoms with van der Waals surface area (Å²) in [5.74, 6) is 0.735. The quantitative estimate of drug-likeness (QED) is 0.814. The second-order valence-corrected chi connectivity index (χ2v) is 9.95. The summed E-state index contributed by atoms with van der Waals surface area (Å²) in [5.41, 5.74) is 0. The maximum Gasteiger partial charge on any atom is 0.243 e. The van der Waals surface area contributed by atoms with Crippen LogP contribution in [0.25, 0.3) is 0 Å². The highest BCUT2D eigenvalue weighted by atomic mass is 32.2. The average molecular weight is 378 g/mol. The topological polar surface area (TPSA) is 63.2 Å². The first-order valence-corrected chi connectivity index (χ1v) is 11.3. The first-order chi connectivity index (χ1) is 12.1.